The van der Waals surface area contributed by atoms with Crippen molar-refractivity contribution in [3.05, 3.63) is 328 Å². The molecule has 0 saturated heterocycles. The number of para-hydroxylation sites is 6. The molecular weight excluding hydrogens is 1280 g/mol. The highest BCUT2D eigenvalue weighted by molar-refractivity contribution is 7.26. The first-order valence-electron chi connectivity index (χ1n) is 34.4. The zero-order valence-corrected chi connectivity index (χ0v) is 56.2. The quantitative estimate of drug-likeness (QED) is 0.144. The minimum absolute atomic E-state index is 0.692. The summed E-state index contributed by atoms with van der Waals surface area (Å²) in [5, 5.41) is 11.8. The van der Waals surface area contributed by atoms with Crippen LogP contribution in [-0.4, -0.2) is 38.2 Å². The number of hydrogen-bond acceptors (Lipinski definition) is 6. The van der Waals surface area contributed by atoms with E-state index in [-0.39, 0.29) is 0 Å². The average molecular weight is 1340 g/mol. The Hall–Kier alpha value is -13.1. The Balaban J connectivity index is 0.627. The lowest BCUT2D eigenvalue weighted by atomic mass is 9.98. The van der Waals surface area contributed by atoms with Crippen LogP contribution in [0.4, 0.5) is 0 Å². The number of nitrogens with zero attached hydrogens (tertiary/aromatic N) is 8. The van der Waals surface area contributed by atoms with Crippen molar-refractivity contribution >= 4 is 151 Å². The Morgan fingerprint density at radius 3 is 1.08 bits per heavy atom. The topological polar surface area (TPSA) is 71.3 Å². The van der Waals surface area contributed by atoms with E-state index in [1.807, 2.05) is 0 Å². The summed E-state index contributed by atoms with van der Waals surface area (Å²) in [6.45, 7) is 0. The average Bonchev–Trinajstić information content (AvgIpc) is 1.62. The van der Waals surface area contributed by atoms with Gasteiger partial charge in [0.05, 0.1) is 76.0 Å². The molecule has 10 heteroatoms. The maximum absolute atomic E-state index is 5.53. The van der Waals surface area contributed by atoms with Crippen LogP contribution in [0.5, 0.6) is 0 Å². The summed E-state index contributed by atoms with van der Waals surface area (Å²) in [6, 6.07) is 119. The summed E-state index contributed by atoms with van der Waals surface area (Å²) >= 11 is 3.52. The molecule has 8 heterocycles. The van der Waals surface area contributed by atoms with E-state index in [9.17, 15) is 0 Å². The molecule has 8 aromatic heterocycles. The van der Waals surface area contributed by atoms with E-state index in [4.69, 9.17) is 19.9 Å². The van der Waals surface area contributed by atoms with Crippen LogP contribution in [0.25, 0.3) is 207 Å². The number of benzene rings is 14. The van der Waals surface area contributed by atoms with Crippen molar-refractivity contribution in [1.29, 1.82) is 0 Å². The highest BCUT2D eigenvalue weighted by Gasteiger charge is 2.24. The minimum Gasteiger partial charge on any atom is -0.309 e. The van der Waals surface area contributed by atoms with Crippen LogP contribution >= 0.6 is 22.7 Å². The van der Waals surface area contributed by atoms with E-state index in [0.717, 1.165) is 137 Å². The molecule has 0 radical (unpaired) electrons. The van der Waals surface area contributed by atoms with E-state index in [2.05, 4.69) is 346 Å². The molecule has 0 bridgehead atoms. The third kappa shape index (κ3) is 8.54. The van der Waals surface area contributed by atoms with Crippen molar-refractivity contribution in [3.8, 4) is 79.2 Å². The zero-order chi connectivity index (χ0) is 66.7. The highest BCUT2D eigenvalue weighted by Crippen LogP contribution is 2.47. The van der Waals surface area contributed by atoms with Crippen LogP contribution in [0.1, 0.15) is 0 Å². The van der Waals surface area contributed by atoms with E-state index >= 15 is 0 Å². The number of hydrogen-bond donors (Lipinski definition) is 0. The van der Waals surface area contributed by atoms with E-state index in [1.54, 1.807) is 22.7 Å². The van der Waals surface area contributed by atoms with Crippen LogP contribution in [-0.2, 0) is 0 Å². The first-order valence-corrected chi connectivity index (χ1v) is 36.1. The Kier molecular flexibility index (Phi) is 12.4. The monoisotopic (exact) mass is 1330 g/mol. The second-order valence-electron chi connectivity index (χ2n) is 26.4. The third-order valence-corrected chi connectivity index (χ3v) is 23.1. The number of fused-ring (bicyclic) bond motifs is 18. The molecule has 0 spiro atoms. The van der Waals surface area contributed by atoms with Crippen LogP contribution < -0.4 is 0 Å². The standard InChI is InChI=1S/C92H54N8S2/c1-3-20-60(21-4-1)97-74-31-13-8-25-66(74)72-53-58(43-50-79(72)97)86-90-88(70-29-12-18-37-83(70)102-90)95-91(94-86)56-40-47-63(48-41-56)100-77-34-16-10-27-68(77)84-64(30-19-35-81(84)100)57-42-49-78-71(52-57)65-24-7-15-33-76(65)99(78)62-45-38-55(39-46-62)85-89-87(69-28-11-17-36-82(69)101-89)96-92(93-85)59-44-51-80-73(54-59)67-26-9-14-32-75(67)98(80)61-22-5-2-6-23-61/h1-54H. The normalized spacial score (nSPS) is 12.1. The summed E-state index contributed by atoms with van der Waals surface area (Å²) in [4.78, 5) is 21.9. The molecule has 0 aliphatic rings. The molecule has 0 saturated carbocycles. The number of aromatic nitrogens is 8. The van der Waals surface area contributed by atoms with Gasteiger partial charge in [0, 0.05) is 108 Å². The second kappa shape index (κ2) is 22.2. The van der Waals surface area contributed by atoms with Crippen molar-refractivity contribution in [2.75, 3.05) is 0 Å². The van der Waals surface area contributed by atoms with Crippen molar-refractivity contribution in [2.45, 2.75) is 0 Å². The van der Waals surface area contributed by atoms with Gasteiger partial charge in [0.1, 0.15) is 0 Å². The lowest BCUT2D eigenvalue weighted by Crippen LogP contribution is -1.96. The SMILES string of the molecule is c1ccc(-n2c3ccccc3c3cc(-c4nc(-c5ccc(-n6c7ccccc7c7cc(-c8cccc9c8c8ccccc8n9-c8ccc(-c9nc(-c%10ccc%11c(c%10)c%10ccccc%10n%11-c%10ccccc%10)c%10sc%11ccccc%11c%10n9)cc8)ccc76)cc5)c5sc6ccccc6c5n4)ccc32)cc1. The summed E-state index contributed by atoms with van der Waals surface area (Å²) in [6.07, 6.45) is 0. The molecule has 102 heavy (non-hydrogen) atoms. The highest BCUT2D eigenvalue weighted by atomic mass is 32.1. The Labute approximate surface area is 591 Å². The van der Waals surface area contributed by atoms with E-state index in [0.29, 0.717) is 11.6 Å². The van der Waals surface area contributed by atoms with Gasteiger partial charge < -0.3 is 18.3 Å². The smallest absolute Gasteiger partial charge is 0.160 e. The largest absolute Gasteiger partial charge is 0.309 e. The number of thiophene rings is 2. The predicted molar refractivity (Wildman–Crippen MR) is 428 cm³/mol. The van der Waals surface area contributed by atoms with Gasteiger partial charge in [0.15, 0.2) is 11.6 Å². The molecule has 0 fully saturated rings. The fraction of sp³-hybridized carbons (Fsp3) is 0. The van der Waals surface area contributed by atoms with Crippen LogP contribution in [0.3, 0.4) is 0 Å². The second-order valence-corrected chi connectivity index (χ2v) is 28.5. The summed E-state index contributed by atoms with van der Waals surface area (Å²) < 4.78 is 14.1. The lowest BCUT2D eigenvalue weighted by molar-refractivity contribution is 1.17. The van der Waals surface area contributed by atoms with Crippen LogP contribution in [0.2, 0.25) is 0 Å². The van der Waals surface area contributed by atoms with Crippen molar-refractivity contribution < 1.29 is 0 Å². The fourth-order valence-corrected chi connectivity index (χ4v) is 18.6. The van der Waals surface area contributed by atoms with Gasteiger partial charge in [-0.05, 0) is 157 Å². The molecule has 0 atom stereocenters. The lowest BCUT2D eigenvalue weighted by Gasteiger charge is -2.12. The predicted octanol–water partition coefficient (Wildman–Crippen LogP) is 24.7. The van der Waals surface area contributed by atoms with Crippen molar-refractivity contribution in [3.63, 3.8) is 0 Å². The molecule has 22 rings (SSSR count). The van der Waals surface area contributed by atoms with E-state index in [1.165, 1.54) is 58.2 Å². The van der Waals surface area contributed by atoms with E-state index < -0.39 is 0 Å². The maximum Gasteiger partial charge on any atom is 0.160 e. The van der Waals surface area contributed by atoms with Gasteiger partial charge in [0.25, 0.3) is 0 Å². The summed E-state index contributed by atoms with van der Waals surface area (Å²) in [5.41, 5.74) is 23.7. The van der Waals surface area contributed by atoms with Gasteiger partial charge in [-0.2, -0.15) is 0 Å². The summed E-state index contributed by atoms with van der Waals surface area (Å²) in [5.74, 6) is 1.40. The first-order chi connectivity index (χ1) is 50.6. The molecule has 0 unspecified atom stereocenters. The molecule has 14 aromatic carbocycles. The molecule has 474 valence electrons. The Morgan fingerprint density at radius 1 is 0.216 bits per heavy atom. The Bertz CT molecular complexity index is 7240. The van der Waals surface area contributed by atoms with Crippen molar-refractivity contribution in [1.82, 2.24) is 38.2 Å². The molecule has 0 amide bonds. The molecule has 0 aliphatic carbocycles. The number of rotatable bonds is 9. The summed E-state index contributed by atoms with van der Waals surface area (Å²) in [7, 11) is 0. The molecular formula is C92H54N8S2. The fourth-order valence-electron chi connectivity index (χ4n) is 16.3. The van der Waals surface area contributed by atoms with Gasteiger partial charge >= 0.3 is 0 Å². The van der Waals surface area contributed by atoms with Gasteiger partial charge in [-0.1, -0.05) is 182 Å². The zero-order valence-electron chi connectivity index (χ0n) is 54.6. The van der Waals surface area contributed by atoms with Gasteiger partial charge in [-0.15, -0.1) is 22.7 Å². The van der Waals surface area contributed by atoms with Gasteiger partial charge in [0.2, 0.25) is 0 Å². The Morgan fingerprint density at radius 2 is 0.559 bits per heavy atom. The molecule has 0 aliphatic heterocycles. The molecule has 8 nitrogen and oxygen atoms in total. The maximum atomic E-state index is 5.53. The molecule has 0 N–H and O–H groups in total. The van der Waals surface area contributed by atoms with Crippen LogP contribution in [0, 0.1) is 0 Å². The van der Waals surface area contributed by atoms with Crippen LogP contribution in [0.15, 0.2) is 328 Å². The van der Waals surface area contributed by atoms with Crippen molar-refractivity contribution in [2.24, 2.45) is 0 Å². The minimum atomic E-state index is 0.692. The van der Waals surface area contributed by atoms with Gasteiger partial charge in [-0.25, -0.2) is 19.9 Å². The molecule has 22 aromatic rings. The van der Waals surface area contributed by atoms with Gasteiger partial charge in [-0.3, -0.25) is 0 Å². The first kappa shape index (κ1) is 56.9. The third-order valence-electron chi connectivity index (χ3n) is 20.8.